The molecule has 1 rings (SSSR count). The van der Waals surface area contributed by atoms with Crippen LogP contribution < -0.4 is 0 Å². The molecule has 0 amide bonds. The number of carbonyl (C=O) groups is 1. The maximum atomic E-state index is 12.0. The number of rotatable bonds is 2. The highest BCUT2D eigenvalue weighted by Crippen LogP contribution is 2.39. The van der Waals surface area contributed by atoms with Crippen LogP contribution in [0.15, 0.2) is 0 Å². The van der Waals surface area contributed by atoms with Crippen LogP contribution in [0, 0.1) is 5.92 Å². The fourth-order valence-corrected chi connectivity index (χ4v) is 2.18. The average Bonchev–Trinajstić information content (AvgIpc) is 2.08. The third kappa shape index (κ3) is 1.98. The van der Waals surface area contributed by atoms with Gasteiger partial charge in [-0.15, -0.1) is 0 Å². The van der Waals surface area contributed by atoms with Crippen LogP contribution in [0.25, 0.3) is 0 Å². The Morgan fingerprint density at radius 2 is 1.79 bits per heavy atom. The number of ketones is 1. The monoisotopic (exact) mass is 199 g/mol. The molecule has 82 valence electrons. The molecule has 3 nitrogen and oxygen atoms in total. The second-order valence-corrected chi connectivity index (χ2v) is 5.39. The summed E-state index contributed by atoms with van der Waals surface area (Å²) < 4.78 is 5.79. The predicted octanol–water partition coefficient (Wildman–Crippen LogP) is 1.32. The zero-order chi connectivity index (χ0) is 11.1. The molecule has 0 N–H and O–H groups in total. The fourth-order valence-electron chi connectivity index (χ4n) is 2.18. The molecular weight excluding hydrogens is 178 g/mol. The summed E-state index contributed by atoms with van der Waals surface area (Å²) in [5, 5.41) is 0. The lowest BCUT2D eigenvalue weighted by molar-refractivity contribution is -0.132. The lowest BCUT2D eigenvalue weighted by Gasteiger charge is -2.27. The minimum atomic E-state index is -0.621. The Bertz CT molecular complexity index is 244. The second kappa shape index (κ2) is 3.31. The minimum Gasteiger partial charge on any atom is -0.361 e. The highest BCUT2D eigenvalue weighted by molar-refractivity contribution is 5.91. The summed E-state index contributed by atoms with van der Waals surface area (Å²) in [6.07, 6.45) is 0. The van der Waals surface area contributed by atoms with Gasteiger partial charge in [0.2, 0.25) is 0 Å². The SMILES string of the molecule is CN(C)CC1C(=O)C(C)(C)OC1(C)C. The van der Waals surface area contributed by atoms with Gasteiger partial charge in [-0.05, 0) is 41.8 Å². The zero-order valence-corrected chi connectivity index (χ0v) is 10.0. The molecule has 0 aromatic heterocycles. The summed E-state index contributed by atoms with van der Waals surface area (Å²) in [5.74, 6) is 0.198. The first-order chi connectivity index (χ1) is 6.17. The summed E-state index contributed by atoms with van der Waals surface area (Å²) >= 11 is 0. The second-order valence-electron chi connectivity index (χ2n) is 5.39. The first kappa shape index (κ1) is 11.7. The van der Waals surface area contributed by atoms with E-state index in [-0.39, 0.29) is 17.3 Å². The van der Waals surface area contributed by atoms with Gasteiger partial charge < -0.3 is 9.64 Å². The smallest absolute Gasteiger partial charge is 0.171 e. The van der Waals surface area contributed by atoms with E-state index >= 15 is 0 Å². The van der Waals surface area contributed by atoms with Crippen molar-refractivity contribution in [1.82, 2.24) is 4.90 Å². The standard InChI is InChI=1S/C11H21NO2/c1-10(2)8(7-12(5)6)9(13)11(3,4)14-10/h8H,7H2,1-6H3. The van der Waals surface area contributed by atoms with Crippen molar-refractivity contribution in [3.8, 4) is 0 Å². The van der Waals surface area contributed by atoms with Crippen LogP contribution in [0.5, 0.6) is 0 Å². The highest BCUT2D eigenvalue weighted by Gasteiger charge is 2.53. The maximum absolute atomic E-state index is 12.0. The molecule has 0 aliphatic carbocycles. The van der Waals surface area contributed by atoms with Crippen LogP contribution in [-0.4, -0.2) is 42.5 Å². The van der Waals surface area contributed by atoms with Crippen LogP contribution in [0.3, 0.4) is 0 Å². The quantitative estimate of drug-likeness (QED) is 0.672. The molecule has 1 unspecified atom stereocenters. The van der Waals surface area contributed by atoms with E-state index in [2.05, 4.69) is 0 Å². The Balaban J connectivity index is 2.88. The molecule has 0 aromatic rings. The molecule has 1 heterocycles. The van der Waals surface area contributed by atoms with Crippen LogP contribution in [0.1, 0.15) is 27.7 Å². The zero-order valence-electron chi connectivity index (χ0n) is 10.0. The van der Waals surface area contributed by atoms with E-state index in [0.29, 0.717) is 0 Å². The normalized spacial score (nSPS) is 29.9. The predicted molar refractivity (Wildman–Crippen MR) is 56.3 cm³/mol. The van der Waals surface area contributed by atoms with Gasteiger partial charge >= 0.3 is 0 Å². The van der Waals surface area contributed by atoms with Gasteiger partial charge in [-0.2, -0.15) is 0 Å². The van der Waals surface area contributed by atoms with Crippen molar-refractivity contribution < 1.29 is 9.53 Å². The molecule has 1 aliphatic heterocycles. The Kier molecular flexibility index (Phi) is 2.76. The third-order valence-corrected chi connectivity index (χ3v) is 2.81. The maximum Gasteiger partial charge on any atom is 0.171 e. The molecule has 14 heavy (non-hydrogen) atoms. The Labute approximate surface area is 86.4 Å². The summed E-state index contributed by atoms with van der Waals surface area (Å²) in [5.41, 5.74) is -0.963. The molecule has 0 spiro atoms. The van der Waals surface area contributed by atoms with Crippen LogP contribution in [0.4, 0.5) is 0 Å². The molecule has 0 radical (unpaired) electrons. The van der Waals surface area contributed by atoms with E-state index < -0.39 is 5.60 Å². The topological polar surface area (TPSA) is 29.5 Å². The molecule has 1 atom stereocenters. The number of hydrogen-bond acceptors (Lipinski definition) is 3. The molecule has 0 aromatic carbocycles. The van der Waals surface area contributed by atoms with Gasteiger partial charge in [0.1, 0.15) is 5.60 Å². The molecule has 1 saturated heterocycles. The molecular formula is C11H21NO2. The van der Waals surface area contributed by atoms with E-state index in [4.69, 9.17) is 4.74 Å². The Morgan fingerprint density at radius 3 is 2.07 bits per heavy atom. The van der Waals surface area contributed by atoms with Crippen molar-refractivity contribution in [3.05, 3.63) is 0 Å². The Morgan fingerprint density at radius 1 is 1.29 bits per heavy atom. The third-order valence-electron chi connectivity index (χ3n) is 2.81. The van der Waals surface area contributed by atoms with E-state index in [1.165, 1.54) is 0 Å². The lowest BCUT2D eigenvalue weighted by atomic mass is 9.86. The first-order valence-corrected chi connectivity index (χ1v) is 5.06. The van der Waals surface area contributed by atoms with Crippen molar-refractivity contribution in [2.45, 2.75) is 38.9 Å². The van der Waals surface area contributed by atoms with Crippen LogP contribution in [0.2, 0.25) is 0 Å². The largest absolute Gasteiger partial charge is 0.361 e. The lowest BCUT2D eigenvalue weighted by Crippen LogP contribution is -2.38. The van der Waals surface area contributed by atoms with Crippen LogP contribution >= 0.6 is 0 Å². The molecule has 3 heteroatoms. The summed E-state index contributed by atoms with van der Waals surface area (Å²) in [7, 11) is 3.96. The number of carbonyl (C=O) groups excluding carboxylic acids is 1. The molecule has 1 fully saturated rings. The number of ether oxygens (including phenoxy) is 1. The van der Waals surface area contributed by atoms with Crippen molar-refractivity contribution in [1.29, 1.82) is 0 Å². The number of nitrogens with zero attached hydrogens (tertiary/aromatic N) is 1. The fraction of sp³-hybridized carbons (Fsp3) is 0.909. The van der Waals surface area contributed by atoms with Gasteiger partial charge in [-0.25, -0.2) is 0 Å². The molecule has 1 aliphatic rings. The van der Waals surface area contributed by atoms with E-state index in [1.54, 1.807) is 0 Å². The summed E-state index contributed by atoms with van der Waals surface area (Å²) in [6.45, 7) is 8.45. The first-order valence-electron chi connectivity index (χ1n) is 5.06. The van der Waals surface area contributed by atoms with Gasteiger partial charge in [0.15, 0.2) is 5.78 Å². The van der Waals surface area contributed by atoms with Gasteiger partial charge in [0.05, 0.1) is 11.5 Å². The van der Waals surface area contributed by atoms with Crippen molar-refractivity contribution >= 4 is 5.78 Å². The highest BCUT2D eigenvalue weighted by atomic mass is 16.5. The number of hydrogen-bond donors (Lipinski definition) is 0. The van der Waals surface area contributed by atoms with Crippen LogP contribution in [-0.2, 0) is 9.53 Å². The van der Waals surface area contributed by atoms with E-state index in [1.807, 2.05) is 46.7 Å². The van der Waals surface area contributed by atoms with Gasteiger partial charge in [0, 0.05) is 6.54 Å². The van der Waals surface area contributed by atoms with Gasteiger partial charge in [0.25, 0.3) is 0 Å². The van der Waals surface area contributed by atoms with Gasteiger partial charge in [-0.3, -0.25) is 4.79 Å². The minimum absolute atomic E-state index is 0.0208. The molecule has 0 bridgehead atoms. The summed E-state index contributed by atoms with van der Waals surface area (Å²) in [4.78, 5) is 14.1. The van der Waals surface area contributed by atoms with Crippen molar-refractivity contribution in [2.24, 2.45) is 5.92 Å². The van der Waals surface area contributed by atoms with Gasteiger partial charge in [-0.1, -0.05) is 0 Å². The van der Waals surface area contributed by atoms with E-state index in [0.717, 1.165) is 6.54 Å². The number of Topliss-reactive ketones (excluding diaryl/α,β-unsaturated/α-hetero) is 1. The van der Waals surface area contributed by atoms with E-state index in [9.17, 15) is 4.79 Å². The van der Waals surface area contributed by atoms with Crippen molar-refractivity contribution in [2.75, 3.05) is 20.6 Å². The molecule has 0 saturated carbocycles. The van der Waals surface area contributed by atoms with Crippen molar-refractivity contribution in [3.63, 3.8) is 0 Å². The summed E-state index contributed by atoms with van der Waals surface area (Å²) in [6, 6.07) is 0. The Hall–Kier alpha value is -0.410. The average molecular weight is 199 g/mol.